The van der Waals surface area contributed by atoms with Gasteiger partial charge in [0.2, 0.25) is 10.0 Å². The molecule has 0 radical (unpaired) electrons. The van der Waals surface area contributed by atoms with Gasteiger partial charge in [-0.1, -0.05) is 24.3 Å². The van der Waals surface area contributed by atoms with Crippen molar-refractivity contribution in [2.45, 2.75) is 13.0 Å². The van der Waals surface area contributed by atoms with Crippen molar-refractivity contribution < 1.29 is 22.7 Å². The van der Waals surface area contributed by atoms with Crippen LogP contribution in [0.4, 0.5) is 5.69 Å². The molecule has 2 aromatic rings. The molecule has 0 aliphatic heterocycles. The summed E-state index contributed by atoms with van der Waals surface area (Å²) in [6.07, 6.45) is 2.45. The fourth-order valence-electron chi connectivity index (χ4n) is 2.66. The lowest BCUT2D eigenvalue weighted by atomic mass is 10.2. The minimum Gasteiger partial charge on any atom is -0.493 e. The summed E-state index contributed by atoms with van der Waals surface area (Å²) in [7, 11) is -0.656. The maximum Gasteiger partial charge on any atom is 0.263 e. The second kappa shape index (κ2) is 9.23. The van der Waals surface area contributed by atoms with Crippen molar-refractivity contribution >= 4 is 27.8 Å². The molecular weight excluding hydrogens is 382 g/mol. The van der Waals surface area contributed by atoms with Crippen molar-refractivity contribution in [1.29, 1.82) is 0 Å². The van der Waals surface area contributed by atoms with Crippen LogP contribution in [0.2, 0.25) is 0 Å². The standard InChI is InChI=1S/C19H23N3O5S/c1-14(22(28(4,24)25)16-10-6-5-7-11-16)19(23)21-20-13-15-9-8-12-17(26-2)18(15)27-3/h5-14H,1-4H3,(H,21,23)/t14-/m0/s1. The average Bonchev–Trinajstić information content (AvgIpc) is 2.67. The quantitative estimate of drug-likeness (QED) is 0.535. The molecule has 0 unspecified atom stereocenters. The molecule has 0 bridgehead atoms. The van der Waals surface area contributed by atoms with E-state index in [4.69, 9.17) is 9.47 Å². The first-order valence-electron chi connectivity index (χ1n) is 8.38. The fraction of sp³-hybridized carbons (Fsp3) is 0.263. The lowest BCUT2D eigenvalue weighted by Crippen LogP contribution is -2.46. The highest BCUT2D eigenvalue weighted by atomic mass is 32.2. The summed E-state index contributed by atoms with van der Waals surface area (Å²) in [6.45, 7) is 1.49. The zero-order chi connectivity index (χ0) is 20.7. The number of para-hydroxylation sites is 2. The second-order valence-corrected chi connectivity index (χ2v) is 7.75. The lowest BCUT2D eigenvalue weighted by Gasteiger charge is -2.27. The first-order valence-corrected chi connectivity index (χ1v) is 10.2. The predicted molar refractivity (Wildman–Crippen MR) is 109 cm³/mol. The van der Waals surface area contributed by atoms with E-state index in [1.807, 2.05) is 0 Å². The van der Waals surface area contributed by atoms with Gasteiger partial charge in [0, 0.05) is 5.56 Å². The highest BCUT2D eigenvalue weighted by Gasteiger charge is 2.28. The van der Waals surface area contributed by atoms with E-state index in [-0.39, 0.29) is 0 Å². The Kier molecular flexibility index (Phi) is 7.00. The molecule has 0 fully saturated rings. The number of sulfonamides is 1. The number of hydrogen-bond acceptors (Lipinski definition) is 6. The van der Waals surface area contributed by atoms with Crippen LogP contribution in [0.3, 0.4) is 0 Å². The highest BCUT2D eigenvalue weighted by Crippen LogP contribution is 2.29. The van der Waals surface area contributed by atoms with Crippen LogP contribution in [0.15, 0.2) is 53.6 Å². The van der Waals surface area contributed by atoms with E-state index in [1.54, 1.807) is 48.5 Å². The van der Waals surface area contributed by atoms with Crippen molar-refractivity contribution in [1.82, 2.24) is 5.43 Å². The molecule has 8 nitrogen and oxygen atoms in total. The number of rotatable bonds is 8. The van der Waals surface area contributed by atoms with Crippen molar-refractivity contribution in [3.8, 4) is 11.5 Å². The number of nitrogens with one attached hydrogen (secondary N) is 1. The zero-order valence-corrected chi connectivity index (χ0v) is 16.9. The van der Waals surface area contributed by atoms with Gasteiger partial charge >= 0.3 is 0 Å². The van der Waals surface area contributed by atoms with Crippen molar-refractivity contribution in [3.05, 3.63) is 54.1 Å². The third-order valence-corrected chi connectivity index (χ3v) is 5.15. The largest absolute Gasteiger partial charge is 0.493 e. The summed E-state index contributed by atoms with van der Waals surface area (Å²) in [5.41, 5.74) is 3.36. The molecular formula is C19H23N3O5S. The zero-order valence-electron chi connectivity index (χ0n) is 16.1. The number of hydrazone groups is 1. The van der Waals surface area contributed by atoms with Crippen molar-refractivity contribution in [3.63, 3.8) is 0 Å². The lowest BCUT2D eigenvalue weighted by molar-refractivity contribution is -0.121. The molecule has 0 saturated carbocycles. The van der Waals surface area contributed by atoms with E-state index in [2.05, 4.69) is 10.5 Å². The molecule has 1 atom stereocenters. The molecule has 28 heavy (non-hydrogen) atoms. The number of carbonyl (C=O) groups is 1. The van der Waals surface area contributed by atoms with Gasteiger partial charge in [0.15, 0.2) is 11.5 Å². The monoisotopic (exact) mass is 405 g/mol. The van der Waals surface area contributed by atoms with E-state index in [1.165, 1.54) is 27.4 Å². The van der Waals surface area contributed by atoms with E-state index in [0.717, 1.165) is 10.6 Å². The second-order valence-electron chi connectivity index (χ2n) is 5.89. The van der Waals surface area contributed by atoms with Crippen molar-refractivity contribution in [2.24, 2.45) is 5.10 Å². The van der Waals surface area contributed by atoms with E-state index < -0.39 is 22.0 Å². The number of benzene rings is 2. The molecule has 0 saturated heterocycles. The first-order chi connectivity index (χ1) is 13.3. The van der Waals surface area contributed by atoms with Crippen LogP contribution in [0, 0.1) is 0 Å². The number of methoxy groups -OCH3 is 2. The Hall–Kier alpha value is -3.07. The van der Waals surface area contributed by atoms with Crippen LogP contribution in [0.5, 0.6) is 11.5 Å². The molecule has 150 valence electrons. The van der Waals surface area contributed by atoms with Gasteiger partial charge in [0.25, 0.3) is 5.91 Å². The minimum absolute atomic E-state index is 0.395. The molecule has 0 spiro atoms. The predicted octanol–water partition coefficient (Wildman–Crippen LogP) is 2.01. The normalized spacial score (nSPS) is 12.4. The third-order valence-electron chi connectivity index (χ3n) is 3.91. The van der Waals surface area contributed by atoms with Crippen LogP contribution in [0.1, 0.15) is 12.5 Å². The van der Waals surface area contributed by atoms with Gasteiger partial charge in [0.05, 0.1) is 32.4 Å². The van der Waals surface area contributed by atoms with Gasteiger partial charge in [-0.3, -0.25) is 9.10 Å². The Morgan fingerprint density at radius 2 is 1.79 bits per heavy atom. The Labute approximate surface area is 164 Å². The molecule has 2 aromatic carbocycles. The maximum atomic E-state index is 12.5. The van der Waals surface area contributed by atoms with Crippen LogP contribution in [-0.2, 0) is 14.8 Å². The summed E-state index contributed by atoms with van der Waals surface area (Å²) >= 11 is 0. The van der Waals surface area contributed by atoms with Gasteiger partial charge in [-0.05, 0) is 31.2 Å². The summed E-state index contributed by atoms with van der Waals surface area (Å²) in [6, 6.07) is 12.6. The number of ether oxygens (including phenoxy) is 2. The van der Waals surface area contributed by atoms with Crippen LogP contribution in [-0.4, -0.2) is 47.1 Å². The van der Waals surface area contributed by atoms with Gasteiger partial charge in [-0.25, -0.2) is 13.8 Å². The van der Waals surface area contributed by atoms with Crippen LogP contribution >= 0.6 is 0 Å². The summed E-state index contributed by atoms with van der Waals surface area (Å²) in [5, 5.41) is 3.92. The van der Waals surface area contributed by atoms with Gasteiger partial charge in [0.1, 0.15) is 6.04 Å². The SMILES string of the molecule is COc1cccc(C=NNC(=O)[C@H](C)N(c2ccccc2)S(C)(=O)=O)c1OC. The van der Waals surface area contributed by atoms with Gasteiger partial charge < -0.3 is 9.47 Å². The third kappa shape index (κ3) is 5.01. The Morgan fingerprint density at radius 1 is 1.11 bits per heavy atom. The molecule has 1 N–H and O–H groups in total. The summed E-state index contributed by atoms with van der Waals surface area (Å²) in [4.78, 5) is 12.5. The number of carbonyl (C=O) groups excluding carboxylic acids is 1. The molecule has 1 amide bonds. The molecule has 0 aromatic heterocycles. The van der Waals surface area contributed by atoms with Crippen molar-refractivity contribution in [2.75, 3.05) is 24.8 Å². The highest BCUT2D eigenvalue weighted by molar-refractivity contribution is 7.92. The Balaban J connectivity index is 2.19. The topological polar surface area (TPSA) is 97.3 Å². The first kappa shape index (κ1) is 21.2. The molecule has 2 rings (SSSR count). The average molecular weight is 405 g/mol. The maximum absolute atomic E-state index is 12.5. The Bertz CT molecular complexity index is 945. The van der Waals surface area contributed by atoms with Crippen LogP contribution in [0.25, 0.3) is 0 Å². The van der Waals surface area contributed by atoms with Crippen LogP contribution < -0.4 is 19.2 Å². The molecule has 9 heteroatoms. The van der Waals surface area contributed by atoms with E-state index in [9.17, 15) is 13.2 Å². The van der Waals surface area contributed by atoms with E-state index >= 15 is 0 Å². The molecule has 0 aliphatic rings. The molecule has 0 heterocycles. The number of hydrogen-bond donors (Lipinski definition) is 1. The number of amides is 1. The van der Waals surface area contributed by atoms with Gasteiger partial charge in [-0.2, -0.15) is 5.10 Å². The summed E-state index contributed by atoms with van der Waals surface area (Å²) in [5.74, 6) is 0.420. The fourth-order valence-corrected chi connectivity index (χ4v) is 3.83. The number of anilines is 1. The minimum atomic E-state index is -3.67. The smallest absolute Gasteiger partial charge is 0.263 e. The van der Waals surface area contributed by atoms with Gasteiger partial charge in [-0.15, -0.1) is 0 Å². The molecule has 0 aliphatic carbocycles. The summed E-state index contributed by atoms with van der Waals surface area (Å²) < 4.78 is 36.0. The van der Waals surface area contributed by atoms with E-state index in [0.29, 0.717) is 22.7 Å². The number of nitrogens with zero attached hydrogens (tertiary/aromatic N) is 2. The Morgan fingerprint density at radius 3 is 2.36 bits per heavy atom.